The smallest absolute Gasteiger partial charge is 0.224 e. The van der Waals surface area contributed by atoms with Crippen LogP contribution in [-0.4, -0.2) is 82.2 Å². The van der Waals surface area contributed by atoms with Gasteiger partial charge in [-0.3, -0.25) is 4.79 Å². The summed E-state index contributed by atoms with van der Waals surface area (Å²) in [6.07, 6.45) is 2.08. The van der Waals surface area contributed by atoms with Crippen LogP contribution in [-0.2, 0) is 19.0 Å². The van der Waals surface area contributed by atoms with Gasteiger partial charge in [-0.15, -0.1) is 11.8 Å². The second-order valence-corrected chi connectivity index (χ2v) is 6.76. The molecule has 1 atom stereocenters. The van der Waals surface area contributed by atoms with E-state index in [1.54, 1.807) is 23.7 Å². The summed E-state index contributed by atoms with van der Waals surface area (Å²) >= 11 is 1.78. The minimum absolute atomic E-state index is 0.0301. The van der Waals surface area contributed by atoms with Gasteiger partial charge in [0.15, 0.2) is 0 Å². The number of amides is 1. The number of likely N-dealkylation sites (N-methyl/N-ethyl adjacent to an activating group) is 1. The Morgan fingerprint density at radius 2 is 1.52 bits per heavy atom. The van der Waals surface area contributed by atoms with E-state index in [1.807, 2.05) is 13.8 Å². The first-order valence-corrected chi connectivity index (χ1v) is 9.52. The molecule has 0 aromatic carbocycles. The van der Waals surface area contributed by atoms with Crippen molar-refractivity contribution in [1.29, 1.82) is 0 Å². The Hall–Kier alpha value is -0.340. The Labute approximate surface area is 145 Å². The zero-order chi connectivity index (χ0) is 17.5. The van der Waals surface area contributed by atoms with Crippen molar-refractivity contribution >= 4 is 17.7 Å². The molecule has 1 amide bonds. The number of ether oxygens (including phenoxy) is 3. The lowest BCUT2D eigenvalue weighted by Gasteiger charge is -2.19. The first-order valence-electron chi connectivity index (χ1n) is 8.23. The molecule has 0 bridgehead atoms. The lowest BCUT2D eigenvalue weighted by Crippen LogP contribution is -2.33. The summed E-state index contributed by atoms with van der Waals surface area (Å²) in [5.41, 5.74) is 0. The SMILES string of the molecule is CSC(C)NCCOCCOCCOCCN(C)C(=O)C(C)C. The van der Waals surface area contributed by atoms with Crippen molar-refractivity contribution in [3.05, 3.63) is 0 Å². The van der Waals surface area contributed by atoms with Crippen molar-refractivity contribution in [3.63, 3.8) is 0 Å². The highest BCUT2D eigenvalue weighted by Crippen LogP contribution is 1.99. The third-order valence-corrected chi connectivity index (χ3v) is 4.09. The summed E-state index contributed by atoms with van der Waals surface area (Å²) in [5, 5.41) is 3.79. The van der Waals surface area contributed by atoms with Gasteiger partial charge >= 0.3 is 0 Å². The van der Waals surface area contributed by atoms with Gasteiger partial charge in [-0.25, -0.2) is 0 Å². The largest absolute Gasteiger partial charge is 0.378 e. The van der Waals surface area contributed by atoms with Gasteiger partial charge in [-0.1, -0.05) is 13.8 Å². The molecule has 0 aliphatic heterocycles. The fraction of sp³-hybridized carbons (Fsp3) is 0.938. The second kappa shape index (κ2) is 15.2. The molecule has 23 heavy (non-hydrogen) atoms. The zero-order valence-electron chi connectivity index (χ0n) is 15.3. The number of hydrogen-bond donors (Lipinski definition) is 1. The van der Waals surface area contributed by atoms with E-state index in [0.717, 1.165) is 6.54 Å². The van der Waals surface area contributed by atoms with Gasteiger partial charge in [-0.2, -0.15) is 0 Å². The molecule has 0 fully saturated rings. The maximum atomic E-state index is 11.6. The monoisotopic (exact) mass is 350 g/mol. The van der Waals surface area contributed by atoms with Crippen molar-refractivity contribution in [2.75, 3.05) is 66.0 Å². The minimum Gasteiger partial charge on any atom is -0.378 e. The quantitative estimate of drug-likeness (QED) is 0.356. The predicted molar refractivity (Wildman–Crippen MR) is 95.9 cm³/mol. The van der Waals surface area contributed by atoms with Crippen LogP contribution in [0.15, 0.2) is 0 Å². The lowest BCUT2D eigenvalue weighted by molar-refractivity contribution is -0.133. The fourth-order valence-electron chi connectivity index (χ4n) is 1.71. The van der Waals surface area contributed by atoms with Crippen LogP contribution in [0.25, 0.3) is 0 Å². The number of nitrogens with zero attached hydrogens (tertiary/aromatic N) is 1. The Balaban J connectivity index is 3.24. The summed E-state index contributed by atoms with van der Waals surface area (Å²) in [7, 11) is 1.80. The van der Waals surface area contributed by atoms with Gasteiger partial charge in [0.25, 0.3) is 0 Å². The maximum absolute atomic E-state index is 11.6. The number of carbonyl (C=O) groups is 1. The average Bonchev–Trinajstić information content (AvgIpc) is 2.54. The second-order valence-electron chi connectivity index (χ2n) is 5.58. The summed E-state index contributed by atoms with van der Waals surface area (Å²) in [5.74, 6) is 0.172. The molecule has 0 radical (unpaired) electrons. The maximum Gasteiger partial charge on any atom is 0.224 e. The van der Waals surface area contributed by atoms with E-state index >= 15 is 0 Å². The minimum atomic E-state index is 0.0301. The Morgan fingerprint density at radius 1 is 1.00 bits per heavy atom. The van der Waals surface area contributed by atoms with E-state index in [0.29, 0.717) is 51.6 Å². The average molecular weight is 351 g/mol. The highest BCUT2D eigenvalue weighted by atomic mass is 32.2. The first kappa shape index (κ1) is 22.7. The van der Waals surface area contributed by atoms with E-state index in [2.05, 4.69) is 18.5 Å². The van der Waals surface area contributed by atoms with Crippen molar-refractivity contribution in [3.8, 4) is 0 Å². The van der Waals surface area contributed by atoms with Crippen LogP contribution in [0, 0.1) is 5.92 Å². The molecular formula is C16H34N2O4S. The molecule has 6 nitrogen and oxygen atoms in total. The molecule has 0 aliphatic rings. The molecule has 7 heteroatoms. The molecule has 0 aromatic heterocycles. The van der Waals surface area contributed by atoms with Crippen molar-refractivity contribution in [2.24, 2.45) is 5.92 Å². The van der Waals surface area contributed by atoms with Crippen LogP contribution in [0.4, 0.5) is 0 Å². The van der Waals surface area contributed by atoms with Crippen LogP contribution in [0.2, 0.25) is 0 Å². The van der Waals surface area contributed by atoms with Crippen molar-refractivity contribution in [1.82, 2.24) is 10.2 Å². The molecule has 0 saturated heterocycles. The molecule has 0 aliphatic carbocycles. The van der Waals surface area contributed by atoms with E-state index in [-0.39, 0.29) is 11.8 Å². The third kappa shape index (κ3) is 13.8. The van der Waals surface area contributed by atoms with Crippen molar-refractivity contribution < 1.29 is 19.0 Å². The molecule has 0 spiro atoms. The Kier molecular flexibility index (Phi) is 15.0. The van der Waals surface area contributed by atoms with Crippen LogP contribution in [0.1, 0.15) is 20.8 Å². The highest BCUT2D eigenvalue weighted by Gasteiger charge is 2.11. The first-order chi connectivity index (χ1) is 11.0. The van der Waals surface area contributed by atoms with Gasteiger partial charge in [0.05, 0.1) is 45.0 Å². The van der Waals surface area contributed by atoms with Crippen LogP contribution in [0.5, 0.6) is 0 Å². The van der Waals surface area contributed by atoms with E-state index in [1.165, 1.54) is 0 Å². The topological polar surface area (TPSA) is 60.0 Å². The predicted octanol–water partition coefficient (Wildman–Crippen LogP) is 1.45. The molecule has 1 N–H and O–H groups in total. The summed E-state index contributed by atoms with van der Waals surface area (Å²) in [6, 6.07) is 0. The summed E-state index contributed by atoms with van der Waals surface area (Å²) < 4.78 is 16.3. The van der Waals surface area contributed by atoms with E-state index in [4.69, 9.17) is 14.2 Å². The van der Waals surface area contributed by atoms with Gasteiger partial charge in [0.2, 0.25) is 5.91 Å². The van der Waals surface area contributed by atoms with Crippen LogP contribution in [0.3, 0.4) is 0 Å². The number of nitrogens with one attached hydrogen (secondary N) is 1. The van der Waals surface area contributed by atoms with Crippen LogP contribution < -0.4 is 5.32 Å². The summed E-state index contributed by atoms with van der Waals surface area (Å²) in [6.45, 7) is 10.9. The number of thioether (sulfide) groups is 1. The van der Waals surface area contributed by atoms with Gasteiger partial charge in [0, 0.05) is 26.1 Å². The standard InChI is InChI=1S/C16H34N2O4S/c1-14(2)16(19)18(4)7-9-21-11-13-22-12-10-20-8-6-17-15(3)23-5/h14-15,17H,6-13H2,1-5H3. The molecule has 138 valence electrons. The van der Waals surface area contributed by atoms with E-state index in [9.17, 15) is 4.79 Å². The van der Waals surface area contributed by atoms with Gasteiger partial charge in [0.1, 0.15) is 0 Å². The number of hydrogen-bond acceptors (Lipinski definition) is 6. The Bertz CT molecular complexity index is 293. The molecule has 0 aromatic rings. The molecular weight excluding hydrogens is 316 g/mol. The van der Waals surface area contributed by atoms with Crippen molar-refractivity contribution in [2.45, 2.75) is 26.1 Å². The molecule has 0 saturated carbocycles. The molecule has 0 rings (SSSR count). The van der Waals surface area contributed by atoms with Crippen LogP contribution >= 0.6 is 11.8 Å². The van der Waals surface area contributed by atoms with E-state index < -0.39 is 0 Å². The molecule has 1 unspecified atom stereocenters. The zero-order valence-corrected chi connectivity index (χ0v) is 16.1. The van der Waals surface area contributed by atoms with Gasteiger partial charge < -0.3 is 24.4 Å². The Morgan fingerprint density at radius 3 is 2.04 bits per heavy atom. The highest BCUT2D eigenvalue weighted by molar-refractivity contribution is 7.99. The third-order valence-electron chi connectivity index (χ3n) is 3.22. The number of rotatable bonds is 15. The summed E-state index contributed by atoms with van der Waals surface area (Å²) in [4.78, 5) is 13.3. The normalized spacial score (nSPS) is 12.6. The lowest BCUT2D eigenvalue weighted by atomic mass is 10.2. The van der Waals surface area contributed by atoms with Gasteiger partial charge in [-0.05, 0) is 13.2 Å². The molecule has 0 heterocycles. The number of carbonyl (C=O) groups excluding carboxylic acids is 1. The fourth-order valence-corrected chi connectivity index (χ4v) is 2.00.